The summed E-state index contributed by atoms with van der Waals surface area (Å²) in [4.78, 5) is 33.2. The number of carbonyl (C=O) groups excluding carboxylic acids is 2. The molecule has 0 spiro atoms. The van der Waals surface area contributed by atoms with Gasteiger partial charge in [-0.2, -0.15) is 0 Å². The molecule has 6 nitrogen and oxygen atoms in total. The van der Waals surface area contributed by atoms with Crippen molar-refractivity contribution in [1.82, 2.24) is 14.8 Å². The van der Waals surface area contributed by atoms with Gasteiger partial charge in [0.05, 0.1) is 5.52 Å². The van der Waals surface area contributed by atoms with Crippen LogP contribution in [0.15, 0.2) is 36.4 Å². The van der Waals surface area contributed by atoms with Crippen LogP contribution in [0.3, 0.4) is 0 Å². The standard InChI is InChI=1S/C19H21N3O3/c23-18(16-8-7-14-4-1-2-5-15(14)20-16)21-9-11-22(12-10-21)19(24)17-6-3-13-25-17/h1-2,4-5,7-8,17H,3,6,9-13H2/t17-/m1/s1. The molecule has 0 N–H and O–H groups in total. The van der Waals surface area contributed by atoms with Crippen molar-refractivity contribution in [2.24, 2.45) is 0 Å². The number of fused-ring (bicyclic) bond motifs is 1. The number of hydrogen-bond donors (Lipinski definition) is 0. The number of benzene rings is 1. The molecule has 3 heterocycles. The van der Waals surface area contributed by atoms with Crippen LogP contribution in [0.1, 0.15) is 23.3 Å². The van der Waals surface area contributed by atoms with E-state index in [1.54, 1.807) is 11.0 Å². The Morgan fingerprint density at radius 2 is 1.76 bits per heavy atom. The number of rotatable bonds is 2. The summed E-state index contributed by atoms with van der Waals surface area (Å²) in [5, 5.41) is 1.02. The summed E-state index contributed by atoms with van der Waals surface area (Å²) < 4.78 is 5.47. The first-order chi connectivity index (χ1) is 12.2. The van der Waals surface area contributed by atoms with E-state index in [4.69, 9.17) is 4.74 Å². The number of para-hydroxylation sites is 1. The third-order valence-electron chi connectivity index (χ3n) is 4.90. The highest BCUT2D eigenvalue weighted by atomic mass is 16.5. The Hall–Kier alpha value is -2.47. The maximum atomic E-state index is 12.7. The van der Waals surface area contributed by atoms with Crippen LogP contribution in [0, 0.1) is 0 Å². The van der Waals surface area contributed by atoms with E-state index in [0.29, 0.717) is 38.5 Å². The average Bonchev–Trinajstić information content (AvgIpc) is 3.21. The fourth-order valence-corrected chi connectivity index (χ4v) is 3.45. The number of carbonyl (C=O) groups is 2. The van der Waals surface area contributed by atoms with Crippen LogP contribution in [0.4, 0.5) is 0 Å². The van der Waals surface area contributed by atoms with Gasteiger partial charge in [0, 0.05) is 38.2 Å². The van der Waals surface area contributed by atoms with Crippen molar-refractivity contribution in [1.29, 1.82) is 0 Å². The monoisotopic (exact) mass is 339 g/mol. The van der Waals surface area contributed by atoms with Gasteiger partial charge in [-0.1, -0.05) is 24.3 Å². The second-order valence-electron chi connectivity index (χ2n) is 6.51. The predicted octanol–water partition coefficient (Wildman–Crippen LogP) is 1.70. The smallest absolute Gasteiger partial charge is 0.272 e. The van der Waals surface area contributed by atoms with Gasteiger partial charge in [0.2, 0.25) is 0 Å². The molecule has 2 saturated heterocycles. The zero-order valence-corrected chi connectivity index (χ0v) is 14.1. The summed E-state index contributed by atoms with van der Waals surface area (Å²) in [7, 11) is 0. The molecule has 0 aliphatic carbocycles. The molecular weight excluding hydrogens is 318 g/mol. The SMILES string of the molecule is O=C(c1ccc2ccccc2n1)N1CCN(C(=O)[C@H]2CCCO2)CC1. The molecule has 25 heavy (non-hydrogen) atoms. The predicted molar refractivity (Wildman–Crippen MR) is 93.2 cm³/mol. The zero-order chi connectivity index (χ0) is 17.2. The van der Waals surface area contributed by atoms with Crippen molar-refractivity contribution in [2.75, 3.05) is 32.8 Å². The van der Waals surface area contributed by atoms with E-state index >= 15 is 0 Å². The lowest BCUT2D eigenvalue weighted by molar-refractivity contribution is -0.142. The fourth-order valence-electron chi connectivity index (χ4n) is 3.45. The summed E-state index contributed by atoms with van der Waals surface area (Å²) in [5.74, 6) is -0.0107. The molecule has 2 aromatic rings. The zero-order valence-electron chi connectivity index (χ0n) is 14.1. The molecule has 2 aliphatic heterocycles. The Morgan fingerprint density at radius 3 is 2.52 bits per heavy atom. The molecule has 0 saturated carbocycles. The Balaban J connectivity index is 1.41. The first-order valence-electron chi connectivity index (χ1n) is 8.78. The number of aromatic nitrogens is 1. The van der Waals surface area contributed by atoms with Crippen LogP contribution < -0.4 is 0 Å². The molecule has 0 bridgehead atoms. The number of amides is 2. The third-order valence-corrected chi connectivity index (χ3v) is 4.90. The van der Waals surface area contributed by atoms with Crippen molar-refractivity contribution in [3.8, 4) is 0 Å². The van der Waals surface area contributed by atoms with Crippen LogP contribution >= 0.6 is 0 Å². The Bertz CT molecular complexity index is 793. The number of nitrogens with zero attached hydrogens (tertiary/aromatic N) is 3. The van der Waals surface area contributed by atoms with Crippen LogP contribution in [-0.2, 0) is 9.53 Å². The van der Waals surface area contributed by atoms with Crippen LogP contribution in [0.25, 0.3) is 10.9 Å². The minimum atomic E-state index is -0.288. The molecule has 2 amide bonds. The third kappa shape index (κ3) is 3.22. The molecule has 0 unspecified atom stereocenters. The quantitative estimate of drug-likeness (QED) is 0.835. The Labute approximate surface area is 146 Å². The molecule has 2 aliphatic rings. The maximum Gasteiger partial charge on any atom is 0.272 e. The summed E-state index contributed by atoms with van der Waals surface area (Å²) in [6.45, 7) is 2.84. The van der Waals surface area contributed by atoms with Crippen molar-refractivity contribution in [3.63, 3.8) is 0 Å². The van der Waals surface area contributed by atoms with E-state index in [1.807, 2.05) is 35.2 Å². The lowest BCUT2D eigenvalue weighted by atomic mass is 10.1. The van der Waals surface area contributed by atoms with Gasteiger partial charge in [0.15, 0.2) is 0 Å². The molecule has 1 atom stereocenters. The van der Waals surface area contributed by atoms with E-state index < -0.39 is 0 Å². The van der Waals surface area contributed by atoms with Gasteiger partial charge in [0.1, 0.15) is 11.8 Å². The number of piperazine rings is 1. The van der Waals surface area contributed by atoms with Crippen molar-refractivity contribution < 1.29 is 14.3 Å². The van der Waals surface area contributed by atoms with E-state index in [2.05, 4.69) is 4.98 Å². The summed E-state index contributed by atoms with van der Waals surface area (Å²) in [5.41, 5.74) is 1.28. The average molecular weight is 339 g/mol. The highest BCUT2D eigenvalue weighted by Gasteiger charge is 2.31. The van der Waals surface area contributed by atoms with Crippen LogP contribution in [0.2, 0.25) is 0 Å². The number of hydrogen-bond acceptors (Lipinski definition) is 4. The maximum absolute atomic E-state index is 12.7. The molecular formula is C19H21N3O3. The highest BCUT2D eigenvalue weighted by molar-refractivity contribution is 5.95. The second kappa shape index (κ2) is 6.80. The van der Waals surface area contributed by atoms with Crippen LogP contribution in [-0.4, -0.2) is 65.5 Å². The summed E-state index contributed by atoms with van der Waals surface area (Å²) >= 11 is 0. The van der Waals surface area contributed by atoms with Gasteiger partial charge >= 0.3 is 0 Å². The van der Waals surface area contributed by atoms with Crippen molar-refractivity contribution in [3.05, 3.63) is 42.1 Å². The fraction of sp³-hybridized carbons (Fsp3) is 0.421. The molecule has 1 aromatic heterocycles. The van der Waals surface area contributed by atoms with E-state index in [9.17, 15) is 9.59 Å². The molecule has 130 valence electrons. The largest absolute Gasteiger partial charge is 0.368 e. The molecule has 2 fully saturated rings. The lowest BCUT2D eigenvalue weighted by Crippen LogP contribution is -2.52. The molecule has 6 heteroatoms. The lowest BCUT2D eigenvalue weighted by Gasteiger charge is -2.35. The normalized spacial score (nSPS) is 20.9. The number of pyridine rings is 1. The summed E-state index contributed by atoms with van der Waals surface area (Å²) in [6, 6.07) is 11.5. The van der Waals surface area contributed by atoms with Gasteiger partial charge < -0.3 is 14.5 Å². The van der Waals surface area contributed by atoms with E-state index in [1.165, 1.54) is 0 Å². The minimum absolute atomic E-state index is 0.0634. The Kier molecular flexibility index (Phi) is 4.36. The van der Waals surface area contributed by atoms with E-state index in [0.717, 1.165) is 23.7 Å². The second-order valence-corrected chi connectivity index (χ2v) is 6.51. The highest BCUT2D eigenvalue weighted by Crippen LogP contribution is 2.17. The van der Waals surface area contributed by atoms with Crippen LogP contribution in [0.5, 0.6) is 0 Å². The minimum Gasteiger partial charge on any atom is -0.368 e. The Morgan fingerprint density at radius 1 is 1.00 bits per heavy atom. The van der Waals surface area contributed by atoms with Gasteiger partial charge in [-0.15, -0.1) is 0 Å². The van der Waals surface area contributed by atoms with Crippen molar-refractivity contribution >= 4 is 22.7 Å². The first-order valence-corrected chi connectivity index (χ1v) is 8.78. The molecule has 4 rings (SSSR count). The van der Waals surface area contributed by atoms with Gasteiger partial charge in [0.25, 0.3) is 11.8 Å². The summed E-state index contributed by atoms with van der Waals surface area (Å²) in [6.07, 6.45) is 1.46. The molecule has 1 aromatic carbocycles. The topological polar surface area (TPSA) is 62.7 Å². The van der Waals surface area contributed by atoms with Gasteiger partial charge in [-0.3, -0.25) is 9.59 Å². The van der Waals surface area contributed by atoms with Gasteiger partial charge in [-0.25, -0.2) is 4.98 Å². The first kappa shape index (κ1) is 16.0. The number of ether oxygens (including phenoxy) is 1. The molecule has 0 radical (unpaired) electrons. The van der Waals surface area contributed by atoms with E-state index in [-0.39, 0.29) is 17.9 Å². The van der Waals surface area contributed by atoms with Gasteiger partial charge in [-0.05, 0) is 25.0 Å². The van der Waals surface area contributed by atoms with Crippen molar-refractivity contribution in [2.45, 2.75) is 18.9 Å².